The second-order valence-electron chi connectivity index (χ2n) is 5.68. The Balaban J connectivity index is 1.97. The van der Waals surface area contributed by atoms with Gasteiger partial charge in [-0.15, -0.1) is 0 Å². The minimum absolute atomic E-state index is 0.0352. The van der Waals surface area contributed by atoms with Gasteiger partial charge in [-0.25, -0.2) is 8.78 Å². The van der Waals surface area contributed by atoms with E-state index < -0.39 is 11.6 Å². The molecule has 3 nitrogen and oxygen atoms in total. The van der Waals surface area contributed by atoms with Crippen molar-refractivity contribution >= 4 is 11.6 Å². The average molecular weight is 283 g/mol. The lowest BCUT2D eigenvalue weighted by Gasteiger charge is -2.31. The molecule has 1 heterocycles. The zero-order chi connectivity index (χ0) is 14.7. The van der Waals surface area contributed by atoms with Gasteiger partial charge in [0.2, 0.25) is 0 Å². The molecule has 0 saturated carbocycles. The molecular weight excluding hydrogens is 262 g/mol. The largest absolute Gasteiger partial charge is 0.325 e. The third-order valence-electron chi connectivity index (χ3n) is 4.11. The number of quaternary nitrogens is 1. The summed E-state index contributed by atoms with van der Waals surface area (Å²) in [5.41, 5.74) is 0.0352. The van der Waals surface area contributed by atoms with Crippen LogP contribution in [-0.2, 0) is 4.79 Å². The van der Waals surface area contributed by atoms with Gasteiger partial charge < -0.3 is 10.2 Å². The molecular formula is C15H21F2N2O+. The van der Waals surface area contributed by atoms with E-state index in [9.17, 15) is 13.6 Å². The average Bonchev–Trinajstić information content (AvgIpc) is 2.42. The van der Waals surface area contributed by atoms with E-state index in [4.69, 9.17) is 0 Å². The molecule has 0 bridgehead atoms. The van der Waals surface area contributed by atoms with E-state index in [-0.39, 0.29) is 17.6 Å². The fraction of sp³-hybridized carbons (Fsp3) is 0.533. The summed E-state index contributed by atoms with van der Waals surface area (Å²) in [5, 5.41) is 2.54. The standard InChI is InChI=1S/C15H20F2N2O/c1-10-5-7-19(8-6-10)11(2)15(20)18-14-4-3-12(16)9-13(14)17/h3-4,9-11H,5-8H2,1-2H3,(H,18,20)/p+1/t11-/m1/s1. The number of carbonyl (C=O) groups is 1. The number of rotatable bonds is 3. The summed E-state index contributed by atoms with van der Waals surface area (Å²) in [6.07, 6.45) is 2.22. The maximum atomic E-state index is 13.5. The number of piperidine rings is 1. The van der Waals surface area contributed by atoms with Gasteiger partial charge in [0.1, 0.15) is 11.6 Å². The lowest BCUT2D eigenvalue weighted by Crippen LogP contribution is -3.17. The molecule has 2 N–H and O–H groups in total. The van der Waals surface area contributed by atoms with Crippen molar-refractivity contribution in [3.8, 4) is 0 Å². The molecule has 1 aromatic rings. The molecule has 1 saturated heterocycles. The number of halogens is 2. The van der Waals surface area contributed by atoms with E-state index in [1.807, 2.05) is 6.92 Å². The third-order valence-corrected chi connectivity index (χ3v) is 4.11. The maximum absolute atomic E-state index is 13.5. The number of anilines is 1. The lowest BCUT2D eigenvalue weighted by atomic mass is 9.98. The predicted octanol–water partition coefficient (Wildman–Crippen LogP) is 1.61. The first kappa shape index (κ1) is 14.9. The Hall–Kier alpha value is -1.49. The third kappa shape index (κ3) is 3.54. The molecule has 1 fully saturated rings. The molecule has 1 amide bonds. The van der Waals surface area contributed by atoms with E-state index >= 15 is 0 Å². The summed E-state index contributed by atoms with van der Waals surface area (Å²) in [7, 11) is 0. The SMILES string of the molecule is CC1CC[NH+]([C@H](C)C(=O)Nc2ccc(F)cc2F)CC1. The molecule has 0 radical (unpaired) electrons. The van der Waals surface area contributed by atoms with Crippen LogP contribution >= 0.6 is 0 Å². The predicted molar refractivity (Wildman–Crippen MR) is 73.5 cm³/mol. The van der Waals surface area contributed by atoms with Crippen molar-refractivity contribution in [1.29, 1.82) is 0 Å². The molecule has 0 aromatic heterocycles. The van der Waals surface area contributed by atoms with Crippen LogP contribution in [-0.4, -0.2) is 25.0 Å². The van der Waals surface area contributed by atoms with E-state index in [0.717, 1.165) is 38.1 Å². The first-order chi connectivity index (χ1) is 9.47. The Kier molecular flexibility index (Phi) is 4.70. The molecule has 0 aliphatic carbocycles. The number of likely N-dealkylation sites (tertiary alicyclic amines) is 1. The minimum atomic E-state index is -0.743. The number of amides is 1. The van der Waals surface area contributed by atoms with Crippen molar-refractivity contribution in [2.75, 3.05) is 18.4 Å². The summed E-state index contributed by atoms with van der Waals surface area (Å²) in [6, 6.07) is 2.93. The zero-order valence-corrected chi connectivity index (χ0v) is 11.9. The second-order valence-corrected chi connectivity index (χ2v) is 5.68. The van der Waals surface area contributed by atoms with Crippen LogP contribution in [0.15, 0.2) is 18.2 Å². The van der Waals surface area contributed by atoms with Gasteiger partial charge in [-0.1, -0.05) is 6.92 Å². The van der Waals surface area contributed by atoms with Crippen molar-refractivity contribution in [2.45, 2.75) is 32.7 Å². The van der Waals surface area contributed by atoms with E-state index in [2.05, 4.69) is 12.2 Å². The molecule has 1 aromatic carbocycles. The van der Waals surface area contributed by atoms with Crippen molar-refractivity contribution in [3.63, 3.8) is 0 Å². The molecule has 1 aliphatic rings. The van der Waals surface area contributed by atoms with Gasteiger partial charge >= 0.3 is 0 Å². The number of carbonyl (C=O) groups excluding carboxylic acids is 1. The number of hydrogen-bond donors (Lipinski definition) is 2. The monoisotopic (exact) mass is 283 g/mol. The number of hydrogen-bond acceptors (Lipinski definition) is 1. The van der Waals surface area contributed by atoms with Crippen molar-refractivity contribution in [2.24, 2.45) is 5.92 Å². The van der Waals surface area contributed by atoms with Gasteiger partial charge in [0.05, 0.1) is 18.8 Å². The number of benzene rings is 1. The van der Waals surface area contributed by atoms with Gasteiger partial charge in [0, 0.05) is 6.07 Å². The summed E-state index contributed by atoms with van der Waals surface area (Å²) >= 11 is 0. The van der Waals surface area contributed by atoms with Gasteiger partial charge in [-0.05, 0) is 37.8 Å². The summed E-state index contributed by atoms with van der Waals surface area (Å²) in [5.74, 6) is -0.902. The van der Waals surface area contributed by atoms with Crippen molar-refractivity contribution in [3.05, 3.63) is 29.8 Å². The van der Waals surface area contributed by atoms with Crippen molar-refractivity contribution < 1.29 is 18.5 Å². The van der Waals surface area contributed by atoms with Gasteiger partial charge in [0.25, 0.3) is 5.91 Å². The van der Waals surface area contributed by atoms with Gasteiger partial charge in [-0.3, -0.25) is 4.79 Å². The Morgan fingerprint density at radius 1 is 1.35 bits per heavy atom. The molecule has 0 unspecified atom stereocenters. The Bertz CT molecular complexity index is 485. The topological polar surface area (TPSA) is 33.5 Å². The van der Waals surface area contributed by atoms with E-state index in [1.165, 1.54) is 11.0 Å². The highest BCUT2D eigenvalue weighted by Gasteiger charge is 2.29. The molecule has 110 valence electrons. The first-order valence-electron chi connectivity index (χ1n) is 7.08. The fourth-order valence-electron chi connectivity index (χ4n) is 2.58. The highest BCUT2D eigenvalue weighted by Crippen LogP contribution is 2.15. The van der Waals surface area contributed by atoms with Crippen LogP contribution in [0.3, 0.4) is 0 Å². The zero-order valence-electron chi connectivity index (χ0n) is 11.9. The molecule has 0 spiro atoms. The second kappa shape index (κ2) is 6.31. The van der Waals surface area contributed by atoms with Crippen LogP contribution in [0, 0.1) is 17.6 Å². The minimum Gasteiger partial charge on any atom is -0.325 e. The van der Waals surface area contributed by atoms with Gasteiger partial charge in [-0.2, -0.15) is 0 Å². The van der Waals surface area contributed by atoms with Crippen LogP contribution < -0.4 is 10.2 Å². The van der Waals surface area contributed by atoms with Gasteiger partial charge in [0.15, 0.2) is 6.04 Å². The normalized spacial score (nSPS) is 24.2. The molecule has 5 heteroatoms. The highest BCUT2D eigenvalue weighted by molar-refractivity contribution is 5.93. The molecule has 2 rings (SSSR count). The molecule has 1 aliphatic heterocycles. The van der Waals surface area contributed by atoms with Crippen LogP contribution in [0.5, 0.6) is 0 Å². The molecule has 20 heavy (non-hydrogen) atoms. The van der Waals surface area contributed by atoms with E-state index in [1.54, 1.807) is 0 Å². The smallest absolute Gasteiger partial charge is 0.282 e. The van der Waals surface area contributed by atoms with Crippen LogP contribution in [0.2, 0.25) is 0 Å². The van der Waals surface area contributed by atoms with Crippen molar-refractivity contribution in [1.82, 2.24) is 0 Å². The quantitative estimate of drug-likeness (QED) is 0.868. The van der Waals surface area contributed by atoms with Crippen LogP contribution in [0.1, 0.15) is 26.7 Å². The maximum Gasteiger partial charge on any atom is 0.282 e. The van der Waals surface area contributed by atoms with Crippen LogP contribution in [0.4, 0.5) is 14.5 Å². The summed E-state index contributed by atoms with van der Waals surface area (Å²) < 4.78 is 26.3. The Morgan fingerprint density at radius 2 is 2.00 bits per heavy atom. The Morgan fingerprint density at radius 3 is 2.60 bits per heavy atom. The van der Waals surface area contributed by atoms with E-state index in [0.29, 0.717) is 5.92 Å². The van der Waals surface area contributed by atoms with Crippen LogP contribution in [0.25, 0.3) is 0 Å². The summed E-state index contributed by atoms with van der Waals surface area (Å²) in [4.78, 5) is 13.4. The number of nitrogens with one attached hydrogen (secondary N) is 2. The Labute approximate surface area is 118 Å². The molecule has 1 atom stereocenters. The highest BCUT2D eigenvalue weighted by atomic mass is 19.1. The lowest BCUT2D eigenvalue weighted by molar-refractivity contribution is -0.919. The summed E-state index contributed by atoms with van der Waals surface area (Å²) in [6.45, 7) is 5.99. The fourth-order valence-corrected chi connectivity index (χ4v) is 2.58. The first-order valence-corrected chi connectivity index (χ1v) is 7.08.